The zero-order chi connectivity index (χ0) is 14.2. The summed E-state index contributed by atoms with van der Waals surface area (Å²) in [6.45, 7) is 1.99. The van der Waals surface area contributed by atoms with Gasteiger partial charge in [-0.1, -0.05) is 55.7 Å². The minimum Gasteiger partial charge on any atom is -0.331 e. The quantitative estimate of drug-likeness (QED) is 0.849. The molecule has 2 rings (SSSR count). The number of hydrogen-bond donors (Lipinski definition) is 2. The third kappa shape index (κ3) is 4.72. The van der Waals surface area contributed by atoms with Crippen molar-refractivity contribution in [1.82, 2.24) is 10.6 Å². The van der Waals surface area contributed by atoms with E-state index in [4.69, 9.17) is 0 Å². The molecule has 1 aromatic carbocycles. The summed E-state index contributed by atoms with van der Waals surface area (Å²) in [5.74, 6) is 0.635. The van der Waals surface area contributed by atoms with Crippen LogP contribution in [0.2, 0.25) is 0 Å². The molecule has 1 aromatic rings. The Kier molecular flexibility index (Phi) is 5.66. The molecule has 1 unspecified atom stereocenters. The van der Waals surface area contributed by atoms with Crippen molar-refractivity contribution in [2.75, 3.05) is 0 Å². The molecule has 0 spiro atoms. The molecule has 3 heteroatoms. The van der Waals surface area contributed by atoms with Gasteiger partial charge in [0.2, 0.25) is 0 Å². The number of carbonyl (C=O) groups is 1. The number of benzene rings is 1. The molecule has 0 saturated heterocycles. The minimum atomic E-state index is -0.145. The molecule has 0 aliphatic heterocycles. The van der Waals surface area contributed by atoms with Crippen LogP contribution in [0.25, 0.3) is 0 Å². The van der Waals surface area contributed by atoms with E-state index in [9.17, 15) is 4.79 Å². The minimum absolute atomic E-state index is 0.0132. The Hall–Kier alpha value is -1.77. The summed E-state index contributed by atoms with van der Waals surface area (Å²) < 4.78 is 0. The number of rotatable bonds is 4. The third-order valence-electron chi connectivity index (χ3n) is 3.88. The summed E-state index contributed by atoms with van der Waals surface area (Å²) in [6.07, 6.45) is 10.4. The van der Waals surface area contributed by atoms with Crippen molar-refractivity contribution in [3.63, 3.8) is 0 Å². The Labute approximate surface area is 121 Å². The summed E-state index contributed by atoms with van der Waals surface area (Å²) in [7, 11) is 0. The first-order chi connectivity index (χ1) is 9.75. The topological polar surface area (TPSA) is 41.1 Å². The van der Waals surface area contributed by atoms with Crippen LogP contribution in [0.1, 0.15) is 50.6 Å². The lowest BCUT2D eigenvalue weighted by atomic mass is 9.89. The number of urea groups is 1. The molecular weight excluding hydrogens is 248 g/mol. The largest absolute Gasteiger partial charge is 0.331 e. The summed E-state index contributed by atoms with van der Waals surface area (Å²) in [5.41, 5.74) is 1.11. The van der Waals surface area contributed by atoms with Gasteiger partial charge in [0.05, 0.1) is 6.04 Å². The average molecular weight is 272 g/mol. The van der Waals surface area contributed by atoms with Gasteiger partial charge >= 0.3 is 6.03 Å². The van der Waals surface area contributed by atoms with Gasteiger partial charge in [0, 0.05) is 6.20 Å². The van der Waals surface area contributed by atoms with E-state index in [1.54, 1.807) is 6.20 Å². The summed E-state index contributed by atoms with van der Waals surface area (Å²) in [6, 6.07) is 9.84. The van der Waals surface area contributed by atoms with Gasteiger partial charge in [0.15, 0.2) is 0 Å². The van der Waals surface area contributed by atoms with Crippen LogP contribution in [0.15, 0.2) is 42.6 Å². The predicted molar refractivity (Wildman–Crippen MR) is 82.2 cm³/mol. The van der Waals surface area contributed by atoms with Gasteiger partial charge in [0.1, 0.15) is 0 Å². The molecule has 108 valence electrons. The van der Waals surface area contributed by atoms with Crippen LogP contribution in [0, 0.1) is 5.92 Å². The van der Waals surface area contributed by atoms with E-state index < -0.39 is 0 Å². The number of amides is 2. The fourth-order valence-corrected chi connectivity index (χ4v) is 2.65. The first-order valence-corrected chi connectivity index (χ1v) is 7.54. The van der Waals surface area contributed by atoms with Gasteiger partial charge in [-0.2, -0.15) is 0 Å². The monoisotopic (exact) mass is 272 g/mol. The number of allylic oxidation sites excluding steroid dienone is 1. The van der Waals surface area contributed by atoms with Gasteiger partial charge < -0.3 is 10.6 Å². The fourth-order valence-electron chi connectivity index (χ4n) is 2.65. The Morgan fingerprint density at radius 2 is 1.90 bits per heavy atom. The summed E-state index contributed by atoms with van der Waals surface area (Å²) in [4.78, 5) is 11.8. The SMILES string of the molecule is CC(NC(=O)N/C=C/C1CCCCC1)c1ccccc1. The highest BCUT2D eigenvalue weighted by Crippen LogP contribution is 2.24. The molecule has 0 heterocycles. The smallest absolute Gasteiger partial charge is 0.319 e. The zero-order valence-corrected chi connectivity index (χ0v) is 12.1. The maximum atomic E-state index is 11.8. The van der Waals surface area contributed by atoms with Crippen LogP contribution in [0.4, 0.5) is 4.79 Å². The van der Waals surface area contributed by atoms with Crippen molar-refractivity contribution in [3.8, 4) is 0 Å². The third-order valence-corrected chi connectivity index (χ3v) is 3.88. The van der Waals surface area contributed by atoms with Crippen molar-refractivity contribution in [3.05, 3.63) is 48.2 Å². The molecular formula is C17H24N2O. The number of carbonyl (C=O) groups excluding carboxylic acids is 1. The second-order valence-electron chi connectivity index (χ2n) is 5.51. The summed E-state index contributed by atoms with van der Waals surface area (Å²) >= 11 is 0. The van der Waals surface area contributed by atoms with E-state index in [1.165, 1.54) is 32.1 Å². The van der Waals surface area contributed by atoms with Crippen LogP contribution in [-0.2, 0) is 0 Å². The van der Waals surface area contributed by atoms with Crippen LogP contribution >= 0.6 is 0 Å². The number of nitrogens with one attached hydrogen (secondary N) is 2. The van der Waals surface area contributed by atoms with Gasteiger partial charge in [-0.25, -0.2) is 4.79 Å². The molecule has 0 aromatic heterocycles. The molecule has 2 N–H and O–H groups in total. The lowest BCUT2D eigenvalue weighted by Crippen LogP contribution is -2.34. The van der Waals surface area contributed by atoms with E-state index in [-0.39, 0.29) is 12.1 Å². The molecule has 1 atom stereocenters. The molecule has 1 saturated carbocycles. The zero-order valence-electron chi connectivity index (χ0n) is 12.1. The van der Waals surface area contributed by atoms with E-state index in [1.807, 2.05) is 37.3 Å². The predicted octanol–water partition coefficient (Wildman–Crippen LogP) is 4.14. The second-order valence-corrected chi connectivity index (χ2v) is 5.51. The Morgan fingerprint density at radius 3 is 2.60 bits per heavy atom. The molecule has 1 aliphatic rings. The van der Waals surface area contributed by atoms with Crippen LogP contribution < -0.4 is 10.6 Å². The van der Waals surface area contributed by atoms with Crippen LogP contribution in [0.5, 0.6) is 0 Å². The lowest BCUT2D eigenvalue weighted by Gasteiger charge is -2.18. The summed E-state index contributed by atoms with van der Waals surface area (Å²) in [5, 5.41) is 5.73. The standard InChI is InChI=1S/C17H24N2O/c1-14(16-10-6-3-7-11-16)19-17(20)18-13-12-15-8-4-2-5-9-15/h3,6-7,10-15H,2,4-5,8-9H2,1H3,(H2,18,19,20)/b13-12+. The van der Waals surface area contributed by atoms with E-state index >= 15 is 0 Å². The van der Waals surface area contributed by atoms with Crippen LogP contribution in [-0.4, -0.2) is 6.03 Å². The van der Waals surface area contributed by atoms with Gasteiger partial charge in [-0.3, -0.25) is 0 Å². The second kappa shape index (κ2) is 7.73. The van der Waals surface area contributed by atoms with Crippen LogP contribution in [0.3, 0.4) is 0 Å². The molecule has 2 amide bonds. The van der Waals surface area contributed by atoms with Gasteiger partial charge in [-0.05, 0) is 31.2 Å². The number of hydrogen-bond acceptors (Lipinski definition) is 1. The van der Waals surface area contributed by atoms with E-state index in [0.717, 1.165) is 5.56 Å². The first-order valence-electron chi connectivity index (χ1n) is 7.54. The Morgan fingerprint density at radius 1 is 1.20 bits per heavy atom. The Balaban J connectivity index is 1.73. The van der Waals surface area contributed by atoms with Gasteiger partial charge in [0.25, 0.3) is 0 Å². The average Bonchev–Trinajstić information content (AvgIpc) is 2.49. The van der Waals surface area contributed by atoms with E-state index in [0.29, 0.717) is 5.92 Å². The highest BCUT2D eigenvalue weighted by molar-refractivity contribution is 5.75. The molecule has 1 aliphatic carbocycles. The maximum Gasteiger partial charge on any atom is 0.319 e. The van der Waals surface area contributed by atoms with Crippen molar-refractivity contribution in [2.45, 2.75) is 45.1 Å². The van der Waals surface area contributed by atoms with Crippen molar-refractivity contribution in [1.29, 1.82) is 0 Å². The highest BCUT2D eigenvalue weighted by atomic mass is 16.2. The molecule has 0 radical (unpaired) electrons. The maximum absolute atomic E-state index is 11.8. The molecule has 1 fully saturated rings. The Bertz CT molecular complexity index is 436. The highest BCUT2D eigenvalue weighted by Gasteiger charge is 2.10. The van der Waals surface area contributed by atoms with Crippen molar-refractivity contribution >= 4 is 6.03 Å². The lowest BCUT2D eigenvalue weighted by molar-refractivity contribution is 0.241. The normalized spacial score (nSPS) is 17.9. The van der Waals surface area contributed by atoms with Crippen molar-refractivity contribution < 1.29 is 4.79 Å². The van der Waals surface area contributed by atoms with Gasteiger partial charge in [-0.15, -0.1) is 0 Å². The molecule has 0 bridgehead atoms. The van der Waals surface area contributed by atoms with E-state index in [2.05, 4.69) is 16.7 Å². The molecule has 20 heavy (non-hydrogen) atoms. The van der Waals surface area contributed by atoms with Crippen molar-refractivity contribution in [2.24, 2.45) is 5.92 Å². The molecule has 3 nitrogen and oxygen atoms in total. The first kappa shape index (κ1) is 14.6. The fraction of sp³-hybridized carbons (Fsp3) is 0.471.